The molecule has 0 radical (unpaired) electrons. The van der Waals surface area contributed by atoms with E-state index in [2.05, 4.69) is 30.6 Å². The van der Waals surface area contributed by atoms with Gasteiger partial charge in [0, 0.05) is 5.56 Å². The van der Waals surface area contributed by atoms with Gasteiger partial charge in [-0.05, 0) is 28.1 Å². The monoisotopic (exact) mass is 334 g/mol. The maximum absolute atomic E-state index is 12.3. The van der Waals surface area contributed by atoms with E-state index in [1.54, 1.807) is 6.07 Å². The number of aromatic amines is 1. The zero-order chi connectivity index (χ0) is 14.0. The van der Waals surface area contributed by atoms with E-state index in [0.717, 1.165) is 0 Å². The van der Waals surface area contributed by atoms with E-state index in [1.165, 1.54) is 18.2 Å². The quantitative estimate of drug-likeness (QED) is 0.873. The first-order chi connectivity index (χ1) is 8.90. The summed E-state index contributed by atoms with van der Waals surface area (Å²) in [5, 5.41) is 0. The van der Waals surface area contributed by atoms with Gasteiger partial charge < -0.3 is 9.72 Å². The number of ether oxygens (including phenoxy) is 1. The van der Waals surface area contributed by atoms with Gasteiger partial charge >= 0.3 is 6.36 Å². The topological polar surface area (TPSA) is 55.0 Å². The van der Waals surface area contributed by atoms with Gasteiger partial charge in [0.1, 0.15) is 16.0 Å². The number of benzene rings is 1. The van der Waals surface area contributed by atoms with Crippen molar-refractivity contribution in [1.82, 2.24) is 9.97 Å². The zero-order valence-electron chi connectivity index (χ0n) is 9.16. The normalized spacial score (nSPS) is 11.4. The van der Waals surface area contributed by atoms with E-state index in [4.69, 9.17) is 0 Å². The number of halogens is 4. The van der Waals surface area contributed by atoms with Crippen LogP contribution in [0.15, 0.2) is 28.9 Å². The molecule has 100 valence electrons. The van der Waals surface area contributed by atoms with E-state index in [1.807, 2.05) is 0 Å². The minimum absolute atomic E-state index is 0.00341. The molecule has 0 amide bonds. The highest BCUT2D eigenvalue weighted by atomic mass is 79.9. The van der Waals surface area contributed by atoms with Crippen molar-refractivity contribution in [2.45, 2.75) is 6.36 Å². The summed E-state index contributed by atoms with van der Waals surface area (Å²) in [5.41, 5.74) is 0.290. The number of para-hydroxylation sites is 1. The Morgan fingerprint density at radius 3 is 2.58 bits per heavy atom. The number of carbonyl (C=O) groups excluding carboxylic acids is 1. The molecule has 0 bridgehead atoms. The SMILES string of the molecule is O=Cc1nc(-c2ccccc2OC(F)(F)F)c(Br)[nH]1. The number of aromatic nitrogens is 2. The van der Waals surface area contributed by atoms with Crippen LogP contribution in [-0.4, -0.2) is 22.6 Å². The second-order valence-electron chi connectivity index (χ2n) is 3.45. The van der Waals surface area contributed by atoms with Crippen molar-refractivity contribution < 1.29 is 22.7 Å². The van der Waals surface area contributed by atoms with Gasteiger partial charge in [0.25, 0.3) is 0 Å². The highest BCUT2D eigenvalue weighted by molar-refractivity contribution is 9.10. The maximum Gasteiger partial charge on any atom is 0.573 e. The Hall–Kier alpha value is -1.83. The third-order valence-electron chi connectivity index (χ3n) is 2.16. The molecule has 0 unspecified atom stereocenters. The minimum Gasteiger partial charge on any atom is -0.405 e. The standard InChI is InChI=1S/C11H6BrF3N2O2/c12-10-9(16-8(5-18)17-10)6-3-1-2-4-7(6)19-11(13,14)15/h1-5H,(H,16,17). The maximum atomic E-state index is 12.3. The smallest absolute Gasteiger partial charge is 0.405 e. The van der Waals surface area contributed by atoms with Crippen molar-refractivity contribution in [3.05, 3.63) is 34.7 Å². The van der Waals surface area contributed by atoms with Gasteiger partial charge in [0.2, 0.25) is 0 Å². The fourth-order valence-corrected chi connectivity index (χ4v) is 1.98. The summed E-state index contributed by atoms with van der Waals surface area (Å²) in [4.78, 5) is 17.0. The number of alkyl halides is 3. The Kier molecular flexibility index (Phi) is 3.61. The van der Waals surface area contributed by atoms with Crippen LogP contribution in [0.4, 0.5) is 13.2 Å². The largest absolute Gasteiger partial charge is 0.573 e. The van der Waals surface area contributed by atoms with E-state index < -0.39 is 6.36 Å². The molecule has 0 spiro atoms. The predicted molar refractivity (Wildman–Crippen MR) is 63.8 cm³/mol. The molecule has 0 aliphatic rings. The average Bonchev–Trinajstić information content (AvgIpc) is 2.69. The van der Waals surface area contributed by atoms with Gasteiger partial charge in [-0.3, -0.25) is 4.79 Å². The highest BCUT2D eigenvalue weighted by Crippen LogP contribution is 2.35. The lowest BCUT2D eigenvalue weighted by molar-refractivity contribution is -0.274. The number of nitrogens with one attached hydrogen (secondary N) is 1. The third-order valence-corrected chi connectivity index (χ3v) is 2.73. The first-order valence-corrected chi connectivity index (χ1v) is 5.76. The summed E-state index contributed by atoms with van der Waals surface area (Å²) in [6.07, 6.45) is -4.34. The summed E-state index contributed by atoms with van der Waals surface area (Å²) < 4.78 is 41.1. The molecule has 19 heavy (non-hydrogen) atoms. The van der Waals surface area contributed by atoms with E-state index >= 15 is 0 Å². The fraction of sp³-hybridized carbons (Fsp3) is 0.0909. The Bertz CT molecular complexity index is 610. The van der Waals surface area contributed by atoms with Gasteiger partial charge in [-0.2, -0.15) is 0 Å². The summed E-state index contributed by atoms with van der Waals surface area (Å²) >= 11 is 3.09. The number of carbonyl (C=O) groups is 1. The Morgan fingerprint density at radius 1 is 1.32 bits per heavy atom. The van der Waals surface area contributed by atoms with Crippen molar-refractivity contribution in [3.63, 3.8) is 0 Å². The second-order valence-corrected chi connectivity index (χ2v) is 4.24. The summed E-state index contributed by atoms with van der Waals surface area (Å²) in [7, 11) is 0. The molecule has 0 aliphatic heterocycles. The Morgan fingerprint density at radius 2 is 2.00 bits per heavy atom. The first-order valence-electron chi connectivity index (χ1n) is 4.96. The number of hydrogen-bond acceptors (Lipinski definition) is 3. The molecule has 1 N–H and O–H groups in total. The molecule has 0 fully saturated rings. The number of nitrogens with zero attached hydrogens (tertiary/aromatic N) is 1. The first kappa shape index (κ1) is 13.6. The molecular formula is C11H6BrF3N2O2. The lowest BCUT2D eigenvalue weighted by Crippen LogP contribution is -2.17. The Balaban J connectivity index is 2.49. The number of hydrogen-bond donors (Lipinski definition) is 1. The molecule has 1 aromatic heterocycles. The van der Waals surface area contributed by atoms with Crippen LogP contribution in [0.25, 0.3) is 11.3 Å². The van der Waals surface area contributed by atoms with Crippen LogP contribution in [0, 0.1) is 0 Å². The number of H-pyrrole nitrogens is 1. The van der Waals surface area contributed by atoms with Gasteiger partial charge in [-0.25, -0.2) is 4.98 Å². The van der Waals surface area contributed by atoms with E-state index in [9.17, 15) is 18.0 Å². The number of rotatable bonds is 3. The molecule has 0 aliphatic carbocycles. The van der Waals surface area contributed by atoms with Crippen LogP contribution < -0.4 is 4.74 Å². The van der Waals surface area contributed by atoms with Crippen molar-refractivity contribution in [3.8, 4) is 17.0 Å². The molecule has 2 rings (SSSR count). The van der Waals surface area contributed by atoms with Crippen LogP contribution in [0.2, 0.25) is 0 Å². The van der Waals surface area contributed by atoms with Gasteiger partial charge in [0.15, 0.2) is 12.1 Å². The molecule has 0 atom stereocenters. The summed E-state index contributed by atoms with van der Waals surface area (Å²) in [6.45, 7) is 0. The molecule has 1 heterocycles. The molecule has 0 saturated carbocycles. The second kappa shape index (κ2) is 5.04. The Labute approximate surface area is 113 Å². The van der Waals surface area contributed by atoms with Crippen molar-refractivity contribution in [2.75, 3.05) is 0 Å². The molecule has 2 aromatic rings. The fourth-order valence-electron chi connectivity index (χ4n) is 1.48. The number of aldehydes is 1. The summed E-state index contributed by atoms with van der Waals surface area (Å²) in [5.74, 6) is -0.386. The third kappa shape index (κ3) is 3.14. The van der Waals surface area contributed by atoms with Crippen molar-refractivity contribution in [1.29, 1.82) is 0 Å². The van der Waals surface area contributed by atoms with Gasteiger partial charge in [-0.15, -0.1) is 13.2 Å². The van der Waals surface area contributed by atoms with Gasteiger partial charge in [0.05, 0.1) is 0 Å². The van der Waals surface area contributed by atoms with Crippen LogP contribution in [0.5, 0.6) is 5.75 Å². The van der Waals surface area contributed by atoms with Crippen molar-refractivity contribution >= 4 is 22.2 Å². The molecule has 0 saturated heterocycles. The molecular weight excluding hydrogens is 329 g/mol. The van der Waals surface area contributed by atoms with E-state index in [-0.39, 0.29) is 22.8 Å². The lowest BCUT2D eigenvalue weighted by Gasteiger charge is -2.12. The minimum atomic E-state index is -4.80. The van der Waals surface area contributed by atoms with Crippen LogP contribution in [0.3, 0.4) is 0 Å². The predicted octanol–water partition coefficient (Wildman–Crippen LogP) is 3.55. The average molecular weight is 335 g/mol. The lowest BCUT2D eigenvalue weighted by atomic mass is 10.1. The van der Waals surface area contributed by atoms with Crippen LogP contribution in [0.1, 0.15) is 10.6 Å². The molecule has 4 nitrogen and oxygen atoms in total. The zero-order valence-corrected chi connectivity index (χ0v) is 10.7. The van der Waals surface area contributed by atoms with Gasteiger partial charge in [-0.1, -0.05) is 12.1 Å². The summed E-state index contributed by atoms with van der Waals surface area (Å²) in [6, 6.07) is 5.53. The van der Waals surface area contributed by atoms with Crippen LogP contribution in [-0.2, 0) is 0 Å². The van der Waals surface area contributed by atoms with Crippen molar-refractivity contribution in [2.24, 2.45) is 0 Å². The van der Waals surface area contributed by atoms with Crippen LogP contribution >= 0.6 is 15.9 Å². The number of imidazole rings is 1. The molecule has 1 aromatic carbocycles. The molecule has 8 heteroatoms. The van der Waals surface area contributed by atoms with E-state index in [0.29, 0.717) is 10.9 Å². The highest BCUT2D eigenvalue weighted by Gasteiger charge is 2.32.